The summed E-state index contributed by atoms with van der Waals surface area (Å²) in [6, 6.07) is 10.1. The van der Waals surface area contributed by atoms with Crippen molar-refractivity contribution >= 4 is 17.2 Å². The number of benzene rings is 2. The maximum atomic E-state index is 13.4. The summed E-state index contributed by atoms with van der Waals surface area (Å²) in [5.74, 6) is 0.295. The van der Waals surface area contributed by atoms with Crippen molar-refractivity contribution in [3.63, 3.8) is 0 Å². The SMILES string of the molecule is COc1ccc(C)cc1-c1[nH]c2ccc(F)cc2c1C=O. The van der Waals surface area contributed by atoms with Crippen LogP contribution in [-0.2, 0) is 0 Å². The Kier molecular flexibility index (Phi) is 3.22. The minimum absolute atomic E-state index is 0.368. The number of aldehydes is 1. The Morgan fingerprint density at radius 1 is 1.19 bits per heavy atom. The molecule has 1 aromatic heterocycles. The van der Waals surface area contributed by atoms with E-state index in [0.29, 0.717) is 22.4 Å². The maximum absolute atomic E-state index is 13.4. The number of aryl methyl sites for hydroxylation is 1. The standard InChI is InChI=1S/C17H14FNO2/c1-10-3-6-16(21-2)13(7-10)17-14(9-20)12-8-11(18)4-5-15(12)19-17/h3-9,19H,1-2H3. The lowest BCUT2D eigenvalue weighted by Gasteiger charge is -2.08. The van der Waals surface area contributed by atoms with Crippen LogP contribution in [0.2, 0.25) is 0 Å². The fraction of sp³-hybridized carbons (Fsp3) is 0.118. The van der Waals surface area contributed by atoms with Crippen LogP contribution in [0.4, 0.5) is 4.39 Å². The number of hydrogen-bond donors (Lipinski definition) is 1. The molecule has 106 valence electrons. The van der Waals surface area contributed by atoms with Gasteiger partial charge in [-0.2, -0.15) is 0 Å². The number of carbonyl (C=O) groups excluding carboxylic acids is 1. The maximum Gasteiger partial charge on any atom is 0.152 e. The van der Waals surface area contributed by atoms with Crippen LogP contribution >= 0.6 is 0 Å². The summed E-state index contributed by atoms with van der Waals surface area (Å²) in [5.41, 5.74) is 3.64. The Hall–Kier alpha value is -2.62. The van der Waals surface area contributed by atoms with Crippen LogP contribution in [0.3, 0.4) is 0 Å². The van der Waals surface area contributed by atoms with E-state index in [2.05, 4.69) is 4.98 Å². The molecule has 0 aliphatic carbocycles. The lowest BCUT2D eigenvalue weighted by molar-refractivity contribution is 0.112. The van der Waals surface area contributed by atoms with Crippen molar-refractivity contribution in [2.75, 3.05) is 7.11 Å². The van der Waals surface area contributed by atoms with E-state index in [0.717, 1.165) is 22.9 Å². The second-order valence-electron chi connectivity index (χ2n) is 4.93. The molecule has 0 saturated heterocycles. The zero-order valence-corrected chi connectivity index (χ0v) is 11.7. The second-order valence-corrected chi connectivity index (χ2v) is 4.93. The first-order valence-electron chi connectivity index (χ1n) is 6.55. The Labute approximate surface area is 121 Å². The Balaban J connectivity index is 2.35. The number of ether oxygens (including phenoxy) is 1. The molecule has 0 aliphatic heterocycles. The fourth-order valence-electron chi connectivity index (χ4n) is 2.54. The van der Waals surface area contributed by atoms with Crippen molar-refractivity contribution in [2.24, 2.45) is 0 Å². The van der Waals surface area contributed by atoms with Crippen LogP contribution in [0, 0.1) is 12.7 Å². The molecule has 3 rings (SSSR count). The molecule has 2 aromatic carbocycles. The van der Waals surface area contributed by atoms with Crippen LogP contribution in [-0.4, -0.2) is 18.4 Å². The van der Waals surface area contributed by atoms with Gasteiger partial charge >= 0.3 is 0 Å². The molecular weight excluding hydrogens is 269 g/mol. The van der Waals surface area contributed by atoms with Crippen LogP contribution in [0.5, 0.6) is 5.75 Å². The smallest absolute Gasteiger partial charge is 0.152 e. The Morgan fingerprint density at radius 2 is 2.00 bits per heavy atom. The summed E-state index contributed by atoms with van der Waals surface area (Å²) in [6.45, 7) is 1.96. The highest BCUT2D eigenvalue weighted by atomic mass is 19.1. The van der Waals surface area contributed by atoms with E-state index in [4.69, 9.17) is 4.74 Å². The molecule has 0 bridgehead atoms. The van der Waals surface area contributed by atoms with Crippen molar-refractivity contribution in [3.05, 3.63) is 53.3 Å². The first kappa shape index (κ1) is 13.4. The van der Waals surface area contributed by atoms with Gasteiger partial charge in [0.2, 0.25) is 0 Å². The number of nitrogens with one attached hydrogen (secondary N) is 1. The van der Waals surface area contributed by atoms with E-state index in [-0.39, 0.29) is 5.82 Å². The molecule has 1 heterocycles. The molecule has 1 N–H and O–H groups in total. The molecule has 0 radical (unpaired) electrons. The quantitative estimate of drug-likeness (QED) is 0.735. The highest BCUT2D eigenvalue weighted by Gasteiger charge is 2.16. The summed E-state index contributed by atoms with van der Waals surface area (Å²) in [6.07, 6.45) is 0.745. The van der Waals surface area contributed by atoms with Crippen molar-refractivity contribution < 1.29 is 13.9 Å². The van der Waals surface area contributed by atoms with Gasteiger partial charge in [0.05, 0.1) is 12.8 Å². The zero-order valence-electron chi connectivity index (χ0n) is 11.7. The van der Waals surface area contributed by atoms with Gasteiger partial charge in [0.25, 0.3) is 0 Å². The van der Waals surface area contributed by atoms with Crippen molar-refractivity contribution in [2.45, 2.75) is 6.92 Å². The van der Waals surface area contributed by atoms with Crippen molar-refractivity contribution in [1.29, 1.82) is 0 Å². The Bertz CT molecular complexity index is 836. The second kappa shape index (κ2) is 5.05. The van der Waals surface area contributed by atoms with Gasteiger partial charge in [-0.3, -0.25) is 4.79 Å². The fourth-order valence-corrected chi connectivity index (χ4v) is 2.54. The molecule has 0 fully saturated rings. The highest BCUT2D eigenvalue weighted by molar-refractivity contribution is 6.05. The summed E-state index contributed by atoms with van der Waals surface area (Å²) in [4.78, 5) is 14.7. The molecule has 4 heteroatoms. The van der Waals surface area contributed by atoms with Crippen LogP contribution in [0.25, 0.3) is 22.2 Å². The number of H-pyrrole nitrogens is 1. The average molecular weight is 283 g/mol. The van der Waals surface area contributed by atoms with Gasteiger partial charge in [0, 0.05) is 22.0 Å². The molecule has 0 atom stereocenters. The van der Waals surface area contributed by atoms with E-state index < -0.39 is 0 Å². The molecule has 3 nitrogen and oxygen atoms in total. The summed E-state index contributed by atoms with van der Waals surface area (Å²) in [5, 5.41) is 0.573. The molecule has 0 aliphatic rings. The molecule has 21 heavy (non-hydrogen) atoms. The largest absolute Gasteiger partial charge is 0.496 e. The van der Waals surface area contributed by atoms with Gasteiger partial charge in [0.1, 0.15) is 11.6 Å². The third-order valence-corrected chi connectivity index (χ3v) is 3.54. The van der Waals surface area contributed by atoms with Gasteiger partial charge in [-0.05, 0) is 37.3 Å². The predicted molar refractivity (Wildman–Crippen MR) is 80.4 cm³/mol. The minimum atomic E-state index is -0.368. The van der Waals surface area contributed by atoms with E-state index in [1.807, 2.05) is 25.1 Å². The van der Waals surface area contributed by atoms with Gasteiger partial charge in [-0.1, -0.05) is 11.6 Å². The number of halogens is 1. The summed E-state index contributed by atoms with van der Waals surface area (Å²) >= 11 is 0. The van der Waals surface area contributed by atoms with Crippen LogP contribution < -0.4 is 4.74 Å². The summed E-state index contributed by atoms with van der Waals surface area (Å²) < 4.78 is 18.8. The number of aromatic nitrogens is 1. The number of fused-ring (bicyclic) bond motifs is 1. The summed E-state index contributed by atoms with van der Waals surface area (Å²) in [7, 11) is 1.58. The number of rotatable bonds is 3. The Morgan fingerprint density at radius 3 is 2.71 bits per heavy atom. The van der Waals surface area contributed by atoms with E-state index in [9.17, 15) is 9.18 Å². The highest BCUT2D eigenvalue weighted by Crippen LogP contribution is 2.35. The van der Waals surface area contributed by atoms with Crippen LogP contribution in [0.1, 0.15) is 15.9 Å². The lowest BCUT2D eigenvalue weighted by Crippen LogP contribution is -1.91. The first-order valence-corrected chi connectivity index (χ1v) is 6.55. The van der Waals surface area contributed by atoms with Gasteiger partial charge < -0.3 is 9.72 Å². The minimum Gasteiger partial charge on any atom is -0.496 e. The third kappa shape index (κ3) is 2.18. The van der Waals surface area contributed by atoms with E-state index in [1.165, 1.54) is 12.1 Å². The molecule has 0 saturated carbocycles. The topological polar surface area (TPSA) is 42.1 Å². The van der Waals surface area contributed by atoms with Gasteiger partial charge in [0.15, 0.2) is 6.29 Å². The average Bonchev–Trinajstić information content (AvgIpc) is 2.84. The number of carbonyl (C=O) groups is 1. The van der Waals surface area contributed by atoms with Crippen molar-refractivity contribution in [1.82, 2.24) is 4.98 Å². The van der Waals surface area contributed by atoms with E-state index in [1.54, 1.807) is 13.2 Å². The monoisotopic (exact) mass is 283 g/mol. The van der Waals surface area contributed by atoms with Gasteiger partial charge in [-0.15, -0.1) is 0 Å². The molecule has 0 amide bonds. The predicted octanol–water partition coefficient (Wildman–Crippen LogP) is 4.10. The van der Waals surface area contributed by atoms with E-state index >= 15 is 0 Å². The zero-order chi connectivity index (χ0) is 15.0. The third-order valence-electron chi connectivity index (χ3n) is 3.54. The number of hydrogen-bond acceptors (Lipinski definition) is 2. The number of aromatic amines is 1. The first-order chi connectivity index (χ1) is 10.1. The van der Waals surface area contributed by atoms with Crippen molar-refractivity contribution in [3.8, 4) is 17.0 Å². The van der Waals surface area contributed by atoms with Crippen LogP contribution in [0.15, 0.2) is 36.4 Å². The number of methoxy groups -OCH3 is 1. The van der Waals surface area contributed by atoms with Gasteiger partial charge in [-0.25, -0.2) is 4.39 Å². The molecular formula is C17H14FNO2. The molecule has 0 spiro atoms. The molecule has 3 aromatic rings. The molecule has 0 unspecified atom stereocenters. The normalized spacial score (nSPS) is 10.8. The lowest BCUT2D eigenvalue weighted by atomic mass is 10.0.